The molecule has 4 aromatic rings. The van der Waals surface area contributed by atoms with Crippen molar-refractivity contribution in [2.24, 2.45) is 10.6 Å². The first-order chi connectivity index (χ1) is 22.9. The summed E-state index contributed by atoms with van der Waals surface area (Å²) < 4.78 is 14.9. The molecule has 5 rings (SSSR count). The first kappa shape index (κ1) is 33.0. The summed E-state index contributed by atoms with van der Waals surface area (Å²) in [6, 6.07) is 13.3. The Hall–Kier alpha value is -6.40. The van der Waals surface area contributed by atoms with Crippen LogP contribution in [0.25, 0.3) is 10.8 Å². The quantitative estimate of drug-likeness (QED) is 0.113. The number of aromatic nitrogens is 2. The third kappa shape index (κ3) is 7.19. The predicted molar refractivity (Wildman–Crippen MR) is 164 cm³/mol. The number of piperazine rings is 1. The molecule has 1 saturated heterocycles. The van der Waals surface area contributed by atoms with E-state index in [1.54, 1.807) is 24.3 Å². The highest BCUT2D eigenvalue weighted by atomic mass is 19.1. The summed E-state index contributed by atoms with van der Waals surface area (Å²) in [6.45, 7) is 1.53. The Kier molecular flexibility index (Phi) is 9.57. The van der Waals surface area contributed by atoms with Crippen molar-refractivity contribution in [3.8, 4) is 11.5 Å². The molecule has 3 aromatic carbocycles. The summed E-state index contributed by atoms with van der Waals surface area (Å²) in [5.74, 6) is -1.82. The number of H-pyrrole nitrogens is 1. The monoisotopic (exact) mass is 664 g/mol. The van der Waals surface area contributed by atoms with Crippen molar-refractivity contribution in [2.45, 2.75) is 13.3 Å². The summed E-state index contributed by atoms with van der Waals surface area (Å²) in [7, 11) is 2.84. The summed E-state index contributed by atoms with van der Waals surface area (Å²) in [5.41, 5.74) is 0.392. The second kappa shape index (κ2) is 13.9. The topological polar surface area (TPSA) is 211 Å². The van der Waals surface area contributed by atoms with Gasteiger partial charge in [-0.05, 0) is 30.7 Å². The molecular weight excluding hydrogens is 635 g/mol. The van der Waals surface area contributed by atoms with E-state index < -0.39 is 28.1 Å². The number of aryl methyl sites for hydroxylation is 1. The lowest BCUT2D eigenvalue weighted by molar-refractivity contribution is -0.708. The van der Waals surface area contributed by atoms with Crippen molar-refractivity contribution < 1.29 is 33.7 Å². The largest absolute Gasteiger partial charge is 0.569 e. The number of benzene rings is 3. The maximum Gasteiger partial charge on any atom is 0.315 e. The van der Waals surface area contributed by atoms with E-state index >= 15 is 0 Å². The zero-order valence-corrected chi connectivity index (χ0v) is 25.9. The zero-order valence-electron chi connectivity index (χ0n) is 25.9. The average Bonchev–Trinajstić information content (AvgIpc) is 3.08. The molecule has 2 heterocycles. The Morgan fingerprint density at radius 1 is 1.00 bits per heavy atom. The lowest BCUT2D eigenvalue weighted by atomic mass is 10.0. The number of hydrogen-bond donors (Lipinski definition) is 1. The Labute approximate surface area is 270 Å². The highest BCUT2D eigenvalue weighted by Gasteiger charge is 2.29. The Morgan fingerprint density at radius 3 is 2.38 bits per heavy atom. The molecule has 0 radical (unpaired) electrons. The molecule has 48 heavy (non-hydrogen) atoms. The molecule has 250 valence electrons. The molecule has 1 N–H and O–H groups in total. The van der Waals surface area contributed by atoms with Crippen LogP contribution in [0.4, 0.5) is 10.1 Å². The fourth-order valence-corrected chi connectivity index (χ4v) is 4.84. The van der Waals surface area contributed by atoms with Crippen LogP contribution < -0.4 is 15.2 Å². The normalized spacial score (nSPS) is 13.8. The molecule has 1 aromatic heterocycles. The van der Waals surface area contributed by atoms with Crippen LogP contribution in [0.3, 0.4) is 0 Å². The number of nitro benzene ring substituents is 1. The van der Waals surface area contributed by atoms with E-state index in [1.807, 2.05) is 0 Å². The van der Waals surface area contributed by atoms with E-state index in [9.17, 15) is 34.5 Å². The van der Waals surface area contributed by atoms with E-state index in [1.165, 1.54) is 49.1 Å². The van der Waals surface area contributed by atoms with Gasteiger partial charge in [-0.25, -0.2) is 9.49 Å². The number of hydrogen-bond acceptors (Lipinski definition) is 11. The standard InChI is InChI=1S/C29H29FN10O8/c1-18-14-25(38(43)44)27(17-26(18)47-33-39(45)35(2)3)48-34-40(46)37-12-10-36(11-13-37)29(42)22-15-19(8-9-23(22)30)16-24-20-6-4-5-7-21(20)28(41)32-31-24/h4-9,14-15,17H,10-13,16H2,1-3H3,(H,32,41)/b39-33-,40-34-. The molecule has 0 saturated carbocycles. The van der Waals surface area contributed by atoms with Crippen LogP contribution in [-0.2, 0) is 6.42 Å². The van der Waals surface area contributed by atoms with Crippen molar-refractivity contribution in [2.75, 3.05) is 40.3 Å². The molecule has 1 fully saturated rings. The predicted octanol–water partition coefficient (Wildman–Crippen LogP) is 3.23. The smallest absolute Gasteiger partial charge is 0.315 e. The van der Waals surface area contributed by atoms with E-state index in [0.29, 0.717) is 22.0 Å². The summed E-state index contributed by atoms with van der Waals surface area (Å²) >= 11 is 0. The van der Waals surface area contributed by atoms with Crippen LogP contribution >= 0.6 is 0 Å². The van der Waals surface area contributed by atoms with Gasteiger partial charge >= 0.3 is 5.69 Å². The molecule has 0 aliphatic carbocycles. The van der Waals surface area contributed by atoms with Crippen LogP contribution in [0, 0.1) is 33.3 Å². The zero-order chi connectivity index (χ0) is 34.5. The Morgan fingerprint density at radius 2 is 1.69 bits per heavy atom. The molecular formula is C29H29FN10O8. The Balaban J connectivity index is 1.25. The van der Waals surface area contributed by atoms with Crippen molar-refractivity contribution in [3.63, 3.8) is 0 Å². The molecule has 1 amide bonds. The van der Waals surface area contributed by atoms with Gasteiger partial charge < -0.3 is 20.2 Å². The third-order valence-corrected chi connectivity index (χ3v) is 7.41. The minimum atomic E-state index is -0.745. The minimum Gasteiger partial charge on any atom is -0.569 e. The molecule has 0 bridgehead atoms. The number of nitrogens with one attached hydrogen (secondary N) is 1. The maximum atomic E-state index is 14.9. The number of nitrogens with zero attached hydrogens (tertiary/aromatic N) is 9. The number of fused-ring (bicyclic) bond motifs is 1. The van der Waals surface area contributed by atoms with Gasteiger partial charge in [-0.2, -0.15) is 10.1 Å². The number of aromatic amines is 1. The van der Waals surface area contributed by atoms with Crippen LogP contribution in [0.5, 0.6) is 11.5 Å². The number of rotatable bonds is 10. The SMILES string of the molecule is Cc1cc([N+](=O)[O-])c(O/N=[N+](\[O-])N2CCN(C(=O)c3cc(Cc4n[nH]c(=O)c5ccccc45)ccc3F)CC2)cc1O/N=[N+](\[O-])N(C)C. The van der Waals surface area contributed by atoms with Gasteiger partial charge in [0.2, 0.25) is 16.3 Å². The van der Waals surface area contributed by atoms with Crippen molar-refractivity contribution in [1.29, 1.82) is 0 Å². The molecule has 1 aliphatic rings. The first-order valence-electron chi connectivity index (χ1n) is 14.4. The van der Waals surface area contributed by atoms with Gasteiger partial charge in [-0.15, -0.1) is 5.01 Å². The summed E-state index contributed by atoms with van der Waals surface area (Å²) in [6.07, 6.45) is 0.229. The number of halogens is 1. The van der Waals surface area contributed by atoms with E-state index in [-0.39, 0.29) is 65.0 Å². The van der Waals surface area contributed by atoms with E-state index in [0.717, 1.165) is 17.1 Å². The van der Waals surface area contributed by atoms with Crippen molar-refractivity contribution in [1.82, 2.24) is 25.1 Å². The summed E-state index contributed by atoms with van der Waals surface area (Å²) in [5, 5.41) is 52.6. The number of amides is 1. The number of hydrazine groups is 2. The molecule has 0 spiro atoms. The minimum absolute atomic E-state index is 0.0101. The highest BCUT2D eigenvalue weighted by molar-refractivity contribution is 5.95. The lowest BCUT2D eigenvalue weighted by Crippen LogP contribution is -2.50. The fourth-order valence-electron chi connectivity index (χ4n) is 4.84. The first-order valence-corrected chi connectivity index (χ1v) is 14.4. The Bertz CT molecular complexity index is 1990. The number of nitro groups is 1. The fraction of sp³-hybridized carbons (Fsp3) is 0.276. The van der Waals surface area contributed by atoms with E-state index in [4.69, 9.17) is 9.68 Å². The highest BCUT2D eigenvalue weighted by Crippen LogP contribution is 2.35. The molecule has 0 atom stereocenters. The van der Waals surface area contributed by atoms with Gasteiger partial charge in [0, 0.05) is 42.6 Å². The maximum absolute atomic E-state index is 14.9. The number of carbonyl (C=O) groups is 1. The number of carbonyl (C=O) groups excluding carboxylic acids is 1. The van der Waals surface area contributed by atoms with Gasteiger partial charge in [0.05, 0.1) is 58.7 Å². The van der Waals surface area contributed by atoms with Gasteiger partial charge in [-0.1, -0.05) is 24.3 Å². The average molecular weight is 665 g/mol. The van der Waals surface area contributed by atoms with Gasteiger partial charge in [0.25, 0.3) is 11.5 Å². The summed E-state index contributed by atoms with van der Waals surface area (Å²) in [4.78, 5) is 48.0. The van der Waals surface area contributed by atoms with E-state index in [2.05, 4.69) is 20.8 Å². The van der Waals surface area contributed by atoms with Gasteiger partial charge in [0.1, 0.15) is 5.82 Å². The molecule has 18 nitrogen and oxygen atoms in total. The molecule has 1 aliphatic heterocycles. The van der Waals surface area contributed by atoms with Crippen LogP contribution in [0.2, 0.25) is 0 Å². The van der Waals surface area contributed by atoms with Gasteiger partial charge in [-0.3, -0.25) is 24.5 Å². The third-order valence-electron chi connectivity index (χ3n) is 7.41. The van der Waals surface area contributed by atoms with Gasteiger partial charge in [0.15, 0.2) is 5.75 Å². The van der Waals surface area contributed by atoms with Crippen LogP contribution in [0.15, 0.2) is 69.9 Å². The van der Waals surface area contributed by atoms with Crippen LogP contribution in [-0.4, -0.2) is 86.2 Å². The molecule has 0 unspecified atom stereocenters. The molecule has 19 heteroatoms. The lowest BCUT2D eigenvalue weighted by Gasteiger charge is -2.31. The second-order valence-electron chi connectivity index (χ2n) is 10.8. The second-order valence-corrected chi connectivity index (χ2v) is 10.8. The van der Waals surface area contributed by atoms with Crippen LogP contribution in [0.1, 0.15) is 27.2 Å². The van der Waals surface area contributed by atoms with Crippen molar-refractivity contribution in [3.05, 3.63) is 114 Å². The van der Waals surface area contributed by atoms with Crippen molar-refractivity contribution >= 4 is 22.4 Å².